The van der Waals surface area contributed by atoms with Crippen LogP contribution in [0, 0.1) is 6.92 Å². The lowest BCUT2D eigenvalue weighted by Crippen LogP contribution is -2.35. The van der Waals surface area contributed by atoms with Gasteiger partial charge >= 0.3 is 0 Å². The topological polar surface area (TPSA) is 66.0 Å². The first-order valence-electron chi connectivity index (χ1n) is 6.35. The Morgan fingerprint density at radius 3 is 2.70 bits per heavy atom. The van der Waals surface area contributed by atoms with Gasteiger partial charge in [-0.3, -0.25) is 0 Å². The van der Waals surface area contributed by atoms with Crippen molar-refractivity contribution in [2.45, 2.75) is 19.3 Å². The van der Waals surface area contributed by atoms with E-state index in [9.17, 15) is 0 Å². The number of hydrogen-bond acceptors (Lipinski definition) is 4. The lowest BCUT2D eigenvalue weighted by molar-refractivity contribution is 0.360. The molecule has 0 saturated carbocycles. The molecule has 2 heterocycles. The van der Waals surface area contributed by atoms with Crippen LogP contribution < -0.4 is 10.5 Å². The summed E-state index contributed by atoms with van der Waals surface area (Å²) < 4.78 is 7.19. The minimum atomic E-state index is -0.505. The number of halogens is 1. The highest BCUT2D eigenvalue weighted by molar-refractivity contribution is 6.29. The van der Waals surface area contributed by atoms with Crippen molar-refractivity contribution in [3.05, 3.63) is 40.3 Å². The van der Waals surface area contributed by atoms with Crippen LogP contribution >= 0.6 is 11.6 Å². The molecule has 6 heteroatoms. The van der Waals surface area contributed by atoms with Gasteiger partial charge in [0.15, 0.2) is 0 Å². The van der Waals surface area contributed by atoms with Gasteiger partial charge in [0.25, 0.3) is 0 Å². The van der Waals surface area contributed by atoms with Crippen LogP contribution in [-0.4, -0.2) is 28.4 Å². The summed E-state index contributed by atoms with van der Waals surface area (Å²) in [6, 6.07) is 5.54. The maximum atomic E-state index is 6.05. The zero-order chi connectivity index (χ0) is 14.9. The lowest BCUT2D eigenvalue weighted by Gasteiger charge is -2.28. The molecule has 0 aliphatic heterocycles. The molecule has 5 nitrogen and oxygen atoms in total. The van der Waals surface area contributed by atoms with E-state index in [1.807, 2.05) is 33.0 Å². The zero-order valence-electron chi connectivity index (χ0n) is 12.1. The average molecular weight is 295 g/mol. The van der Waals surface area contributed by atoms with Crippen molar-refractivity contribution in [1.82, 2.24) is 14.8 Å². The number of aromatic nitrogens is 3. The Bertz CT molecular complexity index is 626. The van der Waals surface area contributed by atoms with Crippen LogP contribution in [0.4, 0.5) is 0 Å². The van der Waals surface area contributed by atoms with Crippen LogP contribution in [-0.2, 0) is 12.5 Å². The van der Waals surface area contributed by atoms with Crippen molar-refractivity contribution < 1.29 is 4.74 Å². The molecule has 2 N–H and O–H groups in total. The molecule has 0 aromatic carbocycles. The van der Waals surface area contributed by atoms with Crippen LogP contribution in [0.15, 0.2) is 18.2 Å². The Kier molecular flexibility index (Phi) is 4.01. The van der Waals surface area contributed by atoms with Crippen molar-refractivity contribution in [2.75, 3.05) is 13.7 Å². The number of ether oxygens (including phenoxy) is 1. The van der Waals surface area contributed by atoms with E-state index in [1.165, 1.54) is 0 Å². The Labute approximate surface area is 123 Å². The van der Waals surface area contributed by atoms with Crippen molar-refractivity contribution in [3.8, 4) is 5.88 Å². The number of hydrogen-bond donors (Lipinski definition) is 1. The molecule has 1 atom stereocenters. The van der Waals surface area contributed by atoms with Crippen LogP contribution in [0.25, 0.3) is 0 Å². The standard InChI is InChI=1S/C14H19ClN4O/c1-9-12(13(20-4)19(3)18-9)14(2,8-16)10-6-5-7-11(15)17-10/h5-7H,8,16H2,1-4H3. The second-order valence-electron chi connectivity index (χ2n) is 4.98. The maximum Gasteiger partial charge on any atom is 0.215 e. The van der Waals surface area contributed by atoms with E-state index in [0.717, 1.165) is 17.0 Å². The summed E-state index contributed by atoms with van der Waals surface area (Å²) in [6.45, 7) is 4.34. The third kappa shape index (κ3) is 2.27. The second kappa shape index (κ2) is 5.42. The number of rotatable bonds is 4. The third-order valence-electron chi connectivity index (χ3n) is 3.60. The van der Waals surface area contributed by atoms with Crippen LogP contribution in [0.3, 0.4) is 0 Å². The first kappa shape index (κ1) is 14.8. The van der Waals surface area contributed by atoms with Gasteiger partial charge < -0.3 is 10.5 Å². The average Bonchev–Trinajstić information content (AvgIpc) is 2.72. The molecular formula is C14H19ClN4O. The van der Waals surface area contributed by atoms with Gasteiger partial charge in [-0.25, -0.2) is 9.67 Å². The summed E-state index contributed by atoms with van der Waals surface area (Å²) in [4.78, 5) is 4.41. The summed E-state index contributed by atoms with van der Waals surface area (Å²) in [5, 5.41) is 4.87. The van der Waals surface area contributed by atoms with Gasteiger partial charge in [-0.1, -0.05) is 17.7 Å². The summed E-state index contributed by atoms with van der Waals surface area (Å²) in [6.07, 6.45) is 0. The van der Waals surface area contributed by atoms with E-state index in [1.54, 1.807) is 17.9 Å². The zero-order valence-corrected chi connectivity index (χ0v) is 12.9. The van der Waals surface area contributed by atoms with E-state index >= 15 is 0 Å². The van der Waals surface area contributed by atoms with Crippen LogP contribution in [0.2, 0.25) is 5.15 Å². The van der Waals surface area contributed by atoms with Gasteiger partial charge in [-0.15, -0.1) is 0 Å². The molecule has 0 bridgehead atoms. The van der Waals surface area contributed by atoms with E-state index in [-0.39, 0.29) is 0 Å². The van der Waals surface area contributed by atoms with E-state index < -0.39 is 5.41 Å². The Morgan fingerprint density at radius 2 is 2.15 bits per heavy atom. The number of aryl methyl sites for hydroxylation is 2. The highest BCUT2D eigenvalue weighted by Crippen LogP contribution is 2.38. The van der Waals surface area contributed by atoms with E-state index in [2.05, 4.69) is 10.1 Å². The van der Waals surface area contributed by atoms with Crippen molar-refractivity contribution in [1.29, 1.82) is 0 Å². The minimum absolute atomic E-state index is 0.378. The Morgan fingerprint density at radius 1 is 1.45 bits per heavy atom. The number of nitrogens with zero attached hydrogens (tertiary/aromatic N) is 3. The van der Waals surface area contributed by atoms with Crippen molar-refractivity contribution in [3.63, 3.8) is 0 Å². The molecule has 2 rings (SSSR count). The molecule has 2 aromatic rings. The van der Waals surface area contributed by atoms with Gasteiger partial charge in [-0.05, 0) is 26.0 Å². The smallest absolute Gasteiger partial charge is 0.215 e. The molecule has 1 unspecified atom stereocenters. The molecule has 0 spiro atoms. The van der Waals surface area contributed by atoms with Gasteiger partial charge in [0, 0.05) is 19.2 Å². The molecule has 0 aliphatic rings. The number of methoxy groups -OCH3 is 1. The summed E-state index contributed by atoms with van der Waals surface area (Å²) in [5.41, 5.74) is 8.17. The highest BCUT2D eigenvalue weighted by Gasteiger charge is 2.36. The van der Waals surface area contributed by atoms with Gasteiger partial charge in [0.1, 0.15) is 5.15 Å². The quantitative estimate of drug-likeness (QED) is 0.877. The highest BCUT2D eigenvalue weighted by atomic mass is 35.5. The number of pyridine rings is 1. The summed E-state index contributed by atoms with van der Waals surface area (Å²) >= 11 is 6.01. The van der Waals surface area contributed by atoms with Crippen LogP contribution in [0.1, 0.15) is 23.9 Å². The number of nitrogens with two attached hydrogens (primary N) is 1. The van der Waals surface area contributed by atoms with Crippen LogP contribution in [0.5, 0.6) is 5.88 Å². The largest absolute Gasteiger partial charge is 0.481 e. The summed E-state index contributed by atoms with van der Waals surface area (Å²) in [5.74, 6) is 0.692. The fourth-order valence-corrected chi connectivity index (χ4v) is 2.72. The summed E-state index contributed by atoms with van der Waals surface area (Å²) in [7, 11) is 3.47. The molecule has 0 aliphatic carbocycles. The Balaban J connectivity index is 2.68. The van der Waals surface area contributed by atoms with Gasteiger partial charge in [0.05, 0.1) is 23.9 Å². The second-order valence-corrected chi connectivity index (χ2v) is 5.36. The van der Waals surface area contributed by atoms with E-state index in [4.69, 9.17) is 22.1 Å². The molecular weight excluding hydrogens is 276 g/mol. The van der Waals surface area contributed by atoms with Gasteiger partial charge in [-0.2, -0.15) is 5.10 Å². The molecule has 0 radical (unpaired) electrons. The molecule has 108 valence electrons. The molecule has 20 heavy (non-hydrogen) atoms. The van der Waals surface area contributed by atoms with Crippen molar-refractivity contribution in [2.24, 2.45) is 12.8 Å². The minimum Gasteiger partial charge on any atom is -0.481 e. The first-order valence-corrected chi connectivity index (χ1v) is 6.73. The fourth-order valence-electron chi connectivity index (χ4n) is 2.56. The predicted molar refractivity (Wildman–Crippen MR) is 79.3 cm³/mol. The monoisotopic (exact) mass is 294 g/mol. The Hall–Kier alpha value is -1.59. The van der Waals surface area contributed by atoms with Gasteiger partial charge in [0.2, 0.25) is 5.88 Å². The van der Waals surface area contributed by atoms with E-state index in [0.29, 0.717) is 17.6 Å². The first-order chi connectivity index (χ1) is 9.43. The third-order valence-corrected chi connectivity index (χ3v) is 3.81. The van der Waals surface area contributed by atoms with Crippen molar-refractivity contribution >= 4 is 11.6 Å². The molecule has 0 amide bonds. The maximum absolute atomic E-state index is 6.05. The predicted octanol–water partition coefficient (Wildman–Crippen LogP) is 2.05. The fraction of sp³-hybridized carbons (Fsp3) is 0.429. The SMILES string of the molecule is COc1c(C(C)(CN)c2cccc(Cl)n2)c(C)nn1C. The normalized spacial score (nSPS) is 14.1. The lowest BCUT2D eigenvalue weighted by atomic mass is 9.79. The molecule has 0 fully saturated rings. The molecule has 2 aromatic heterocycles. The molecule has 0 saturated heterocycles.